The van der Waals surface area contributed by atoms with E-state index in [1.165, 1.54) is 56.4 Å². The topological polar surface area (TPSA) is 562 Å². The number of hydrogen-bond acceptors (Lipinski definition) is 29. The van der Waals surface area contributed by atoms with Crippen molar-refractivity contribution in [3.63, 3.8) is 0 Å². The summed E-state index contributed by atoms with van der Waals surface area (Å²) in [5, 5.41) is 133. The van der Waals surface area contributed by atoms with Crippen LogP contribution < -0.4 is 68.6 Å². The molecule has 648 valence electrons. The van der Waals surface area contributed by atoms with Gasteiger partial charge in [0.25, 0.3) is 0 Å². The number of anilines is 1. The van der Waals surface area contributed by atoms with Crippen molar-refractivity contribution in [1.29, 1.82) is 0 Å². The van der Waals surface area contributed by atoms with Gasteiger partial charge in [0.1, 0.15) is 77.3 Å². The fraction of sp³-hybridized carbons (Fsp3) is 0.366. The number of nitrogen functional groups attached to an aromatic ring is 1. The SMILES string of the molecule is CN[C@H](CC(C)C)C(=O)N[C@@H](C(=O)N[C@@H](CC(N)=O)C(N)=O)[C@H](O)c1ccc(Oc2cc3cc(c2OC2OC(CSc4nnc(N)s4)C(O)C(O)C2OC2CC(C)(NCc4ccc(-c5ccc(Cl)cc5)cc4)C(O)C(C)O2)Oc2ccc(cc2Cl)[C@@H](O)C2NC(=O)[C@H](NC(=O)[C@@H]3C)c3ccc(O)c(c3)-c3c(O)cc(O)cc3[C@H](C(=O)O)NC2=O)c(Cl)c1. The molecule has 5 aliphatic heterocycles. The molecule has 5 aliphatic rings. The molecule has 22 N–H and O–H groups in total. The molecule has 2 saturated heterocycles. The minimum absolute atomic E-state index is 0.0724. The summed E-state index contributed by atoms with van der Waals surface area (Å²) < 4.78 is 40.9. The van der Waals surface area contributed by atoms with Crippen LogP contribution in [0.4, 0.5) is 5.13 Å². The Morgan fingerprint density at radius 1 is 0.738 bits per heavy atom. The highest BCUT2D eigenvalue weighted by Gasteiger charge is 2.52. The zero-order valence-electron chi connectivity index (χ0n) is 65.9. The number of rotatable bonds is 26. The van der Waals surface area contributed by atoms with E-state index in [-0.39, 0.29) is 85.6 Å². The summed E-state index contributed by atoms with van der Waals surface area (Å²) in [6.45, 7) is 8.61. The third kappa shape index (κ3) is 20.6. The molecular formula is C82H89Cl3N12O23S2. The van der Waals surface area contributed by atoms with E-state index in [9.17, 15) is 74.7 Å². The van der Waals surface area contributed by atoms with E-state index in [4.69, 9.17) is 80.4 Å². The van der Waals surface area contributed by atoms with E-state index in [1.54, 1.807) is 26.0 Å². The minimum Gasteiger partial charge on any atom is -0.508 e. The van der Waals surface area contributed by atoms with Gasteiger partial charge in [-0.25, -0.2) is 4.79 Å². The number of aliphatic hydroxyl groups is 5. The number of ether oxygens (including phenoxy) is 6. The number of carbonyl (C=O) groups is 8. The number of aliphatic carboxylic acids is 1. The van der Waals surface area contributed by atoms with Crippen LogP contribution in [-0.2, 0) is 59.1 Å². The number of thioether (sulfide) groups is 1. The number of halogens is 3. The Labute approximate surface area is 720 Å². The number of nitrogens with zero attached hydrogens (tertiary/aromatic N) is 2. The van der Waals surface area contributed by atoms with Crippen molar-refractivity contribution < 1.29 is 113 Å². The number of nitrogens with one attached hydrogen (secondary N) is 7. The third-order valence-electron chi connectivity index (χ3n) is 21.2. The lowest BCUT2D eigenvalue weighted by Gasteiger charge is -2.48. The van der Waals surface area contributed by atoms with Crippen molar-refractivity contribution >= 4 is 110 Å². The number of aromatic hydroxyl groups is 3. The first kappa shape index (κ1) is 90.5. The van der Waals surface area contributed by atoms with Crippen molar-refractivity contribution in [2.24, 2.45) is 17.4 Å². The summed E-state index contributed by atoms with van der Waals surface area (Å²) in [5.41, 5.74) is 16.4. The van der Waals surface area contributed by atoms with E-state index in [0.29, 0.717) is 9.36 Å². The van der Waals surface area contributed by atoms with Gasteiger partial charge in [-0.15, -0.1) is 10.2 Å². The van der Waals surface area contributed by atoms with Gasteiger partial charge in [-0.1, -0.05) is 126 Å². The maximum Gasteiger partial charge on any atom is 0.330 e. The largest absolute Gasteiger partial charge is 0.508 e. The second kappa shape index (κ2) is 38.4. The summed E-state index contributed by atoms with van der Waals surface area (Å²) in [5.74, 6) is -15.6. The van der Waals surface area contributed by atoms with Crippen LogP contribution in [0.15, 0.2) is 132 Å². The number of benzene rings is 7. The van der Waals surface area contributed by atoms with Gasteiger partial charge < -0.3 is 129 Å². The van der Waals surface area contributed by atoms with Crippen molar-refractivity contribution in [3.05, 3.63) is 176 Å². The van der Waals surface area contributed by atoms with E-state index >= 15 is 9.59 Å². The standard InChI is InChI=1S/C82H89Cl3N12O23S2/c1-33(2)21-50(89-6)74(109)94-63(76(111)91-49(72(87)107)29-58(86)101)65(102)40-14-19-53(47(84)23-40)116-55-25-42-26-56(117-54-20-15-41(24-48(54)85)66(103)64-77(112)93-62(78(113)114)46-27-44(98)28-52(100)60(46)45-22-39(13-18-51(45)99)61(75(110)95-64)92-73(108)34(42)3)69(55)120-79-70(68(105)67(104)57(118-79)32-121-81-97-96-80(88)122-81)119-59-30-82(5,71(106)35(4)115-59)90-31-36-7-9-37(10-8-36)38-11-16-43(83)17-12-38/h7-20,22-28,33-35,49-50,57,59,61-68,70-71,79,89-90,98-100,102-106H,21,29-32H2,1-6H3,(H2,86,101)(H2,87,107)(H2,88,96)(H,91,111)(H,92,108)(H,93,112)(H,94,109)(H,95,110)(H,113,114)/t34-,35?,49+,50-,57?,59?,61-,62-,63-,64?,65-,66-,67?,68?,70?,71?,79?,82?/m1/s1. The molecule has 8 aromatic rings. The van der Waals surface area contributed by atoms with Gasteiger partial charge in [0, 0.05) is 52.0 Å². The van der Waals surface area contributed by atoms with E-state index in [0.717, 1.165) is 76.2 Å². The maximum atomic E-state index is 15.6. The molecule has 35 nitrogen and oxygen atoms in total. The van der Waals surface area contributed by atoms with Gasteiger partial charge in [-0.3, -0.25) is 33.6 Å². The van der Waals surface area contributed by atoms with Crippen LogP contribution in [0.2, 0.25) is 15.1 Å². The van der Waals surface area contributed by atoms with Crippen molar-refractivity contribution in [3.8, 4) is 68.2 Å². The number of phenolic OH excluding ortho intramolecular Hbond substituents is 3. The Balaban J connectivity index is 0.998. The van der Waals surface area contributed by atoms with Gasteiger partial charge in [0.2, 0.25) is 58.5 Å². The van der Waals surface area contributed by atoms with Gasteiger partial charge >= 0.3 is 5.97 Å². The second-order valence-electron chi connectivity index (χ2n) is 30.4. The molecule has 122 heavy (non-hydrogen) atoms. The monoisotopic (exact) mass is 1780 g/mol. The van der Waals surface area contributed by atoms with E-state index in [2.05, 4.69) is 47.4 Å². The summed E-state index contributed by atoms with van der Waals surface area (Å²) in [4.78, 5) is 112. The first-order valence-electron chi connectivity index (χ1n) is 38.2. The molecule has 10 unspecified atom stereocenters. The number of nitrogens with two attached hydrogens (primary N) is 3. The van der Waals surface area contributed by atoms with Crippen molar-refractivity contribution in [2.75, 3.05) is 18.5 Å². The number of aliphatic hydroxyl groups excluding tert-OH is 5. The van der Waals surface area contributed by atoms with Crippen LogP contribution in [0.5, 0.6) is 46.0 Å². The second-order valence-corrected chi connectivity index (χ2v) is 33.9. The molecule has 0 aliphatic carbocycles. The van der Waals surface area contributed by atoms with Crippen LogP contribution in [0.1, 0.15) is 117 Å². The van der Waals surface area contributed by atoms with Crippen molar-refractivity contribution in [1.82, 2.24) is 47.4 Å². The number of phenols is 3. The smallest absolute Gasteiger partial charge is 0.330 e. The van der Waals surface area contributed by atoms with Crippen LogP contribution in [0.25, 0.3) is 22.3 Å². The van der Waals surface area contributed by atoms with Crippen LogP contribution in [-0.4, -0.2) is 195 Å². The minimum atomic E-state index is -2.19. The maximum absolute atomic E-state index is 15.6. The first-order chi connectivity index (χ1) is 57.8. The number of carboxylic acids is 1. The molecule has 40 heteroatoms. The molecule has 1 aromatic heterocycles. The number of aromatic nitrogens is 2. The average Bonchev–Trinajstić information content (AvgIpc) is 0.826. The summed E-state index contributed by atoms with van der Waals surface area (Å²) in [6.07, 6.45) is -17.4. The molecule has 13 rings (SSSR count). The van der Waals surface area contributed by atoms with Gasteiger partial charge in [0.05, 0.1) is 46.7 Å². The van der Waals surface area contributed by atoms with Crippen LogP contribution in [0, 0.1) is 5.92 Å². The molecule has 0 saturated carbocycles. The molecular weight excluding hydrogens is 1690 g/mol. The number of fused-ring (bicyclic) bond motifs is 8. The summed E-state index contributed by atoms with van der Waals surface area (Å²) >= 11 is 22.6. The summed E-state index contributed by atoms with van der Waals surface area (Å²) in [7, 11) is 1.50. The number of carbonyl (C=O) groups excluding carboxylic acids is 7. The van der Waals surface area contributed by atoms with Crippen LogP contribution in [0.3, 0.4) is 0 Å². The molecule has 18 atom stereocenters. The quantitative estimate of drug-likeness (QED) is 0.0280. The van der Waals surface area contributed by atoms with Crippen LogP contribution >= 0.6 is 57.9 Å². The Bertz CT molecular complexity index is 5280. The van der Waals surface area contributed by atoms with E-state index in [1.807, 2.05) is 50.2 Å². The number of hydrogen-bond donors (Lipinski definition) is 19. The molecule has 0 spiro atoms. The lowest BCUT2D eigenvalue weighted by atomic mass is 9.84. The lowest BCUT2D eigenvalue weighted by molar-refractivity contribution is -0.330. The predicted octanol–water partition coefficient (Wildman–Crippen LogP) is 5.91. The van der Waals surface area contributed by atoms with Gasteiger partial charge in [0.15, 0.2) is 34.3 Å². The Hall–Kier alpha value is -10.7. The number of primary amides is 2. The molecule has 2 fully saturated rings. The molecule has 0 radical (unpaired) electrons. The highest BCUT2D eigenvalue weighted by molar-refractivity contribution is 8.01. The first-order valence-corrected chi connectivity index (χ1v) is 41.2. The Morgan fingerprint density at radius 2 is 1.44 bits per heavy atom. The number of likely N-dealkylation sites (N-methyl/N-ethyl adjacent to an activating group) is 1. The zero-order valence-corrected chi connectivity index (χ0v) is 69.8. The van der Waals surface area contributed by atoms with Crippen molar-refractivity contribution in [2.45, 2.75) is 174 Å². The highest BCUT2D eigenvalue weighted by atomic mass is 35.5. The average molecular weight is 1780 g/mol. The Morgan fingerprint density at radius 3 is 2.09 bits per heavy atom. The normalized spacial score (nSPS) is 24.4. The van der Waals surface area contributed by atoms with E-state index < -0.39 is 208 Å². The molecule has 7 aromatic carbocycles. The Kier molecular flexibility index (Phi) is 28.5. The molecule has 8 bridgehead atoms. The fourth-order valence-electron chi connectivity index (χ4n) is 14.6. The highest BCUT2D eigenvalue weighted by Crippen LogP contribution is 2.50. The third-order valence-corrected chi connectivity index (χ3v) is 24.0. The zero-order chi connectivity index (χ0) is 88.2. The molecule has 7 amide bonds. The number of amides is 7. The summed E-state index contributed by atoms with van der Waals surface area (Å²) in [6, 6.07) is 18.9. The lowest BCUT2D eigenvalue weighted by Crippen LogP contribution is -2.65. The van der Waals surface area contributed by atoms with Gasteiger partial charge in [-0.05, 0) is 146 Å². The predicted molar refractivity (Wildman–Crippen MR) is 444 cm³/mol. The van der Waals surface area contributed by atoms with Gasteiger partial charge in [-0.2, -0.15) is 0 Å². The number of carboxylic acid groups (broad SMARTS) is 1. The molecule has 6 heterocycles. The fourth-order valence-corrected chi connectivity index (χ4v) is 16.9.